The van der Waals surface area contributed by atoms with Gasteiger partial charge >= 0.3 is 0 Å². The maximum atomic E-state index is 13.1. The van der Waals surface area contributed by atoms with Gasteiger partial charge in [0.2, 0.25) is 59.1 Å². The molecule has 21 nitrogen and oxygen atoms in total. The van der Waals surface area contributed by atoms with Crippen molar-refractivity contribution in [1.82, 2.24) is 39.5 Å². The maximum Gasteiger partial charge on any atom is 0.226 e. The molecule has 586 valence electrons. The van der Waals surface area contributed by atoms with Crippen LogP contribution in [0, 0.1) is 33.6 Å². The molecule has 4 aliphatic rings. The van der Waals surface area contributed by atoms with Crippen LogP contribution in [0.4, 0.5) is 27.1 Å². The van der Waals surface area contributed by atoms with E-state index in [4.69, 9.17) is 4.74 Å². The van der Waals surface area contributed by atoms with E-state index in [1.54, 1.807) is 74.1 Å². The van der Waals surface area contributed by atoms with Crippen LogP contribution in [0.2, 0.25) is 0 Å². The van der Waals surface area contributed by atoms with E-state index in [0.717, 1.165) is 114 Å². The van der Waals surface area contributed by atoms with Crippen LogP contribution in [-0.2, 0) is 64.0 Å². The van der Waals surface area contributed by atoms with Gasteiger partial charge in [0.25, 0.3) is 0 Å². The Bertz CT molecular complexity index is 4320. The number of likely N-dealkylation sites (tertiary alicyclic amines) is 4. The molecule has 0 N–H and O–H groups in total. The predicted octanol–water partition coefficient (Wildman–Crippen LogP) is 13.4. The van der Waals surface area contributed by atoms with Gasteiger partial charge < -0.3 is 43.9 Å². The number of rotatable bonds is 25. The Morgan fingerprint density at radius 2 is 0.658 bits per heavy atom. The standard InChI is InChI=1S/C23H29N3O2.C22H26FN3O2.C22H27N3O3.C22H27N3O2/c1-5-22(27)25(4)21-11-8-19(9-12-21)20-14-26(15-20)23(28)13-10-18-7-6-16(2)24-17(18)3;1-4-21(27)25(3)19-9-5-17(6-10-19)18-13-26(14-18)22(28)12-8-16-7-11-20(23)24-15(16)2;1-4-21(26)24(2)19-9-7-17(8-10-19)18-14-25(15-18)22(27)12-6-16-5-11-20(28-3)23-13-16;1-4-21(26)24(3)20-10-8-18(9-11-20)19-14-25(15-19)22(27)12-7-17-6-5-16(2)23-13-17/h6-9,11-12,20H,5,10,13-15H2,1-4H3;5-7,9-11,18H,4,8,12-14H2,1-3H3;5,7-11,13,18H,4,6,12,14-15H2,1-3H3;5-6,8-11,13,19H,4,7,12,14-15H2,1-3H3. The summed E-state index contributed by atoms with van der Waals surface area (Å²) >= 11 is 0. The van der Waals surface area contributed by atoms with E-state index >= 15 is 0 Å². The van der Waals surface area contributed by atoms with Gasteiger partial charge in [0.05, 0.1) is 7.11 Å². The minimum atomic E-state index is -0.491. The largest absolute Gasteiger partial charge is 0.481 e. The fraction of sp³-hybridized carbons (Fsp3) is 0.416. The highest BCUT2D eigenvalue weighted by atomic mass is 19.1. The van der Waals surface area contributed by atoms with Crippen LogP contribution >= 0.6 is 0 Å². The Kier molecular flexibility index (Phi) is 30.3. The Morgan fingerprint density at radius 1 is 0.369 bits per heavy atom. The quantitative estimate of drug-likeness (QED) is 0.0486. The summed E-state index contributed by atoms with van der Waals surface area (Å²) in [6.45, 7) is 21.2. The van der Waals surface area contributed by atoms with E-state index in [9.17, 15) is 42.7 Å². The molecule has 4 aliphatic heterocycles. The minimum absolute atomic E-state index is 0.0831. The first-order valence-electron chi connectivity index (χ1n) is 38.8. The normalized spacial score (nSPS) is 13.9. The number of halogens is 1. The summed E-state index contributed by atoms with van der Waals surface area (Å²) in [6, 6.07) is 47.2. The number of carbonyl (C=O) groups excluding carboxylic acids is 8. The second-order valence-electron chi connectivity index (χ2n) is 29.2. The van der Waals surface area contributed by atoms with Crippen molar-refractivity contribution in [3.63, 3.8) is 0 Å². The average Bonchev–Trinajstić information content (AvgIpc) is 0.819. The number of carbonyl (C=O) groups is 8. The van der Waals surface area contributed by atoms with Crippen LogP contribution in [0.5, 0.6) is 5.88 Å². The molecule has 0 radical (unpaired) electrons. The van der Waals surface area contributed by atoms with Gasteiger partial charge in [-0.3, -0.25) is 48.3 Å². The highest BCUT2D eigenvalue weighted by Gasteiger charge is 2.35. The number of aromatic nitrogens is 4. The third-order valence-electron chi connectivity index (χ3n) is 21.6. The second kappa shape index (κ2) is 40.1. The third-order valence-corrected chi connectivity index (χ3v) is 21.6. The van der Waals surface area contributed by atoms with Crippen molar-refractivity contribution in [1.29, 1.82) is 0 Å². The molecule has 0 unspecified atom stereocenters. The summed E-state index contributed by atoms with van der Waals surface area (Å²) in [7, 11) is 8.76. The van der Waals surface area contributed by atoms with Gasteiger partial charge in [-0.15, -0.1) is 0 Å². The highest BCUT2D eigenvalue weighted by Crippen LogP contribution is 2.34. The first kappa shape index (κ1) is 84.0. The van der Waals surface area contributed by atoms with Crippen molar-refractivity contribution in [3.05, 3.63) is 231 Å². The average molecular weight is 1510 g/mol. The van der Waals surface area contributed by atoms with E-state index in [2.05, 4.69) is 62.4 Å². The van der Waals surface area contributed by atoms with Gasteiger partial charge in [0, 0.05) is 220 Å². The summed E-state index contributed by atoms with van der Waals surface area (Å²) < 4.78 is 18.1. The van der Waals surface area contributed by atoms with Gasteiger partial charge in [-0.2, -0.15) is 4.39 Å². The Balaban J connectivity index is 0.000000170. The second-order valence-corrected chi connectivity index (χ2v) is 29.2. The van der Waals surface area contributed by atoms with Gasteiger partial charge in [-0.25, -0.2) is 9.97 Å². The van der Waals surface area contributed by atoms with E-state index < -0.39 is 5.95 Å². The maximum absolute atomic E-state index is 13.1. The SMILES string of the molecule is CCC(=O)N(C)c1ccc(C2CN(C(=O)CCc3ccc(C)nc3)C2)cc1.CCC(=O)N(C)c1ccc(C2CN(C(=O)CCc3ccc(C)nc3C)C2)cc1.CCC(=O)N(C)c1ccc(C2CN(C(=O)CCc3ccc(F)nc3C)C2)cc1.CCC(=O)N(C)c1ccc(C2CN(C(=O)CCc3ccc(OC)nc3)C2)cc1. The molecule has 4 aromatic carbocycles. The monoisotopic (exact) mass is 1510 g/mol. The van der Waals surface area contributed by atoms with Crippen molar-refractivity contribution >= 4 is 70.0 Å². The molecular weight excluding hydrogens is 1400 g/mol. The zero-order valence-corrected chi connectivity index (χ0v) is 66.9. The van der Waals surface area contributed by atoms with Crippen molar-refractivity contribution in [2.24, 2.45) is 0 Å². The van der Waals surface area contributed by atoms with E-state index in [1.165, 1.54) is 28.3 Å². The first-order valence-corrected chi connectivity index (χ1v) is 38.8. The third kappa shape index (κ3) is 23.0. The molecule has 8 heterocycles. The number of ether oxygens (including phenoxy) is 1. The number of aryl methyl sites for hydroxylation is 8. The van der Waals surface area contributed by atoms with Gasteiger partial charge in [0.15, 0.2) is 0 Å². The van der Waals surface area contributed by atoms with Crippen LogP contribution < -0.4 is 24.3 Å². The van der Waals surface area contributed by atoms with Gasteiger partial charge in [-0.1, -0.05) is 100 Å². The van der Waals surface area contributed by atoms with Crippen molar-refractivity contribution in [2.75, 3.05) is 107 Å². The molecule has 12 rings (SSSR count). The number of nitrogens with zero attached hydrogens (tertiary/aromatic N) is 12. The molecule has 4 fully saturated rings. The molecule has 0 atom stereocenters. The lowest BCUT2D eigenvalue weighted by molar-refractivity contribution is -0.136. The van der Waals surface area contributed by atoms with Gasteiger partial charge in [-0.05, 0) is 165 Å². The molecule has 4 saturated heterocycles. The minimum Gasteiger partial charge on any atom is -0.481 e. The lowest BCUT2D eigenvalue weighted by atomic mass is 9.90. The zero-order chi connectivity index (χ0) is 80.0. The smallest absolute Gasteiger partial charge is 0.226 e. The number of amides is 8. The summed E-state index contributed by atoms with van der Waals surface area (Å²) in [6.07, 6.45) is 10.3. The predicted molar refractivity (Wildman–Crippen MR) is 434 cm³/mol. The van der Waals surface area contributed by atoms with Crippen LogP contribution in [0.15, 0.2) is 158 Å². The van der Waals surface area contributed by atoms with E-state index in [0.29, 0.717) is 113 Å². The first-order chi connectivity index (χ1) is 53.3. The number of hydrogen-bond donors (Lipinski definition) is 0. The molecule has 111 heavy (non-hydrogen) atoms. The fourth-order valence-corrected chi connectivity index (χ4v) is 13.7. The van der Waals surface area contributed by atoms with Crippen molar-refractivity contribution < 1.29 is 47.5 Å². The van der Waals surface area contributed by atoms with E-state index in [-0.39, 0.29) is 47.3 Å². The molecule has 0 spiro atoms. The zero-order valence-electron chi connectivity index (χ0n) is 66.9. The number of benzene rings is 4. The lowest BCUT2D eigenvalue weighted by Crippen LogP contribution is -2.48. The Labute approximate surface area is 654 Å². The molecule has 4 aromatic heterocycles. The topological polar surface area (TPSA) is 223 Å². The van der Waals surface area contributed by atoms with Crippen molar-refractivity contribution in [3.8, 4) is 5.88 Å². The molecule has 8 amide bonds. The number of anilines is 4. The molecular formula is C89H109FN12O9. The summed E-state index contributed by atoms with van der Waals surface area (Å²) in [5.41, 5.74) is 16.3. The van der Waals surface area contributed by atoms with E-state index in [1.807, 2.05) is 165 Å². The van der Waals surface area contributed by atoms with Gasteiger partial charge in [0.1, 0.15) is 0 Å². The molecule has 0 aliphatic carbocycles. The fourth-order valence-electron chi connectivity index (χ4n) is 13.7. The number of hydrogen-bond acceptors (Lipinski definition) is 13. The summed E-state index contributed by atoms with van der Waals surface area (Å²) in [5, 5.41) is 0. The van der Waals surface area contributed by atoms with Crippen LogP contribution in [-0.4, -0.2) is 174 Å². The van der Waals surface area contributed by atoms with Crippen LogP contribution in [0.1, 0.15) is 170 Å². The molecule has 0 saturated carbocycles. The summed E-state index contributed by atoms with van der Waals surface area (Å²) in [4.78, 5) is 128. The Hall–Kier alpha value is -11.0. The molecule has 22 heteroatoms. The van der Waals surface area contributed by atoms with Crippen LogP contribution in [0.3, 0.4) is 0 Å². The van der Waals surface area contributed by atoms with Crippen LogP contribution in [0.25, 0.3) is 0 Å². The number of pyridine rings is 4. The Morgan fingerprint density at radius 3 is 0.928 bits per heavy atom. The number of methoxy groups -OCH3 is 1. The highest BCUT2D eigenvalue weighted by molar-refractivity contribution is 5.94. The molecule has 0 bridgehead atoms. The van der Waals surface area contributed by atoms with Crippen molar-refractivity contribution in [2.45, 2.75) is 156 Å². The summed E-state index contributed by atoms with van der Waals surface area (Å²) in [5.74, 6) is 2.65. The molecule has 8 aromatic rings. The lowest BCUT2D eigenvalue weighted by Gasteiger charge is -2.40.